The summed E-state index contributed by atoms with van der Waals surface area (Å²) in [7, 11) is 0. The summed E-state index contributed by atoms with van der Waals surface area (Å²) < 4.78 is 40.6. The van der Waals surface area contributed by atoms with E-state index in [2.05, 4.69) is 9.97 Å². The lowest BCUT2D eigenvalue weighted by molar-refractivity contribution is -0.140. The van der Waals surface area contributed by atoms with Gasteiger partial charge in [-0.15, -0.1) is 0 Å². The number of nitrogens with zero attached hydrogens (tertiary/aromatic N) is 3. The van der Waals surface area contributed by atoms with Gasteiger partial charge >= 0.3 is 6.18 Å². The Morgan fingerprint density at radius 1 is 1.18 bits per heavy atom. The first-order valence-electron chi connectivity index (χ1n) is 8.01. The van der Waals surface area contributed by atoms with E-state index in [1.54, 1.807) is 25.1 Å². The Morgan fingerprint density at radius 2 is 1.89 bits per heavy atom. The van der Waals surface area contributed by atoms with Crippen LogP contribution in [0.15, 0.2) is 36.7 Å². The Balaban J connectivity index is 2.34. The predicted octanol–water partition coefficient (Wildman–Crippen LogP) is 3.82. The summed E-state index contributed by atoms with van der Waals surface area (Å²) in [5.41, 5.74) is 12.5. The zero-order chi connectivity index (χ0) is 20.6. The van der Waals surface area contributed by atoms with Crippen LogP contribution in [0.2, 0.25) is 5.02 Å². The predicted molar refractivity (Wildman–Crippen MR) is 99.6 cm³/mol. The number of amides is 1. The van der Waals surface area contributed by atoms with E-state index in [1.807, 2.05) is 0 Å². The molecule has 2 aromatic heterocycles. The first-order valence-corrected chi connectivity index (χ1v) is 8.39. The van der Waals surface area contributed by atoms with Gasteiger partial charge < -0.3 is 16.0 Å². The summed E-state index contributed by atoms with van der Waals surface area (Å²) >= 11 is 5.97. The van der Waals surface area contributed by atoms with Crippen LogP contribution in [0.5, 0.6) is 0 Å². The summed E-state index contributed by atoms with van der Waals surface area (Å²) in [6.45, 7) is 0.312. The normalized spacial score (nSPS) is 11.6. The highest BCUT2D eigenvalue weighted by molar-refractivity contribution is 6.30. The summed E-state index contributed by atoms with van der Waals surface area (Å²) in [6.07, 6.45) is -3.46. The van der Waals surface area contributed by atoms with Crippen molar-refractivity contribution in [1.82, 2.24) is 14.5 Å². The van der Waals surface area contributed by atoms with Crippen LogP contribution in [0.4, 0.5) is 19.0 Å². The lowest BCUT2D eigenvalue weighted by Crippen LogP contribution is -2.25. The van der Waals surface area contributed by atoms with E-state index in [0.29, 0.717) is 16.1 Å². The molecule has 10 heteroatoms. The standard InChI is InChI=1S/C18H15ClF3N5O/c1-9-4-10(19)2-3-11(9)12-5-14(13-6-15(23)26-8-25-13)27(7-18(20,21)22)16(12)17(24)28/h2-6,8H,7H2,1H3,(H2,24,28)(H2,23,25,26). The van der Waals surface area contributed by atoms with Crippen molar-refractivity contribution in [3.8, 4) is 22.5 Å². The van der Waals surface area contributed by atoms with Gasteiger partial charge in [0.1, 0.15) is 24.4 Å². The van der Waals surface area contributed by atoms with Crippen molar-refractivity contribution in [1.29, 1.82) is 0 Å². The number of hydrogen-bond acceptors (Lipinski definition) is 4. The number of carbonyl (C=O) groups is 1. The number of alkyl halides is 3. The maximum Gasteiger partial charge on any atom is 0.406 e. The van der Waals surface area contributed by atoms with Crippen molar-refractivity contribution in [2.75, 3.05) is 5.73 Å². The molecule has 0 fully saturated rings. The van der Waals surface area contributed by atoms with Gasteiger partial charge in [0.05, 0.1) is 11.4 Å². The molecule has 2 heterocycles. The van der Waals surface area contributed by atoms with Crippen LogP contribution < -0.4 is 11.5 Å². The van der Waals surface area contributed by atoms with Crippen molar-refractivity contribution in [3.05, 3.63) is 52.9 Å². The van der Waals surface area contributed by atoms with Gasteiger partial charge in [-0.3, -0.25) is 4.79 Å². The topological polar surface area (TPSA) is 99.8 Å². The summed E-state index contributed by atoms with van der Waals surface area (Å²) in [6, 6.07) is 7.61. The second-order valence-electron chi connectivity index (χ2n) is 6.14. The fourth-order valence-electron chi connectivity index (χ4n) is 3.02. The third-order valence-corrected chi connectivity index (χ3v) is 4.33. The average molecular weight is 410 g/mol. The van der Waals surface area contributed by atoms with Crippen LogP contribution in [-0.2, 0) is 6.54 Å². The third kappa shape index (κ3) is 3.94. The number of carbonyl (C=O) groups excluding carboxylic acids is 1. The molecule has 28 heavy (non-hydrogen) atoms. The minimum atomic E-state index is -4.59. The highest BCUT2D eigenvalue weighted by Crippen LogP contribution is 2.36. The zero-order valence-corrected chi connectivity index (χ0v) is 15.3. The van der Waals surface area contributed by atoms with Gasteiger partial charge in [0.15, 0.2) is 0 Å². The van der Waals surface area contributed by atoms with E-state index >= 15 is 0 Å². The summed E-state index contributed by atoms with van der Waals surface area (Å²) in [5.74, 6) is -0.920. The molecule has 0 aliphatic carbocycles. The fraction of sp³-hybridized carbons (Fsp3) is 0.167. The molecule has 3 aromatic rings. The van der Waals surface area contributed by atoms with E-state index in [-0.39, 0.29) is 28.5 Å². The number of benzene rings is 1. The first kappa shape index (κ1) is 19.7. The van der Waals surface area contributed by atoms with Crippen LogP contribution in [-0.4, -0.2) is 26.6 Å². The highest BCUT2D eigenvalue weighted by atomic mass is 35.5. The summed E-state index contributed by atoms with van der Waals surface area (Å²) in [5, 5.41) is 0.459. The SMILES string of the molecule is Cc1cc(Cl)ccc1-c1cc(-c2cc(N)ncn2)n(CC(F)(F)F)c1C(N)=O. The number of rotatable bonds is 4. The van der Waals surface area contributed by atoms with Crippen molar-refractivity contribution >= 4 is 23.3 Å². The maximum atomic E-state index is 13.3. The van der Waals surface area contributed by atoms with Crippen LogP contribution in [0.3, 0.4) is 0 Å². The molecule has 0 saturated heterocycles. The number of primary amides is 1. The van der Waals surface area contributed by atoms with Crippen LogP contribution >= 0.6 is 11.6 Å². The Morgan fingerprint density at radius 3 is 2.46 bits per heavy atom. The molecule has 0 aliphatic heterocycles. The molecule has 6 nitrogen and oxygen atoms in total. The lowest BCUT2D eigenvalue weighted by atomic mass is 10.00. The number of hydrogen-bond donors (Lipinski definition) is 2. The Labute approximate surface area is 163 Å². The van der Waals surface area contributed by atoms with E-state index in [1.165, 1.54) is 12.1 Å². The van der Waals surface area contributed by atoms with Crippen molar-refractivity contribution in [2.45, 2.75) is 19.6 Å². The van der Waals surface area contributed by atoms with E-state index in [4.69, 9.17) is 23.1 Å². The molecule has 0 unspecified atom stereocenters. The minimum Gasteiger partial charge on any atom is -0.384 e. The second kappa shape index (κ2) is 7.16. The van der Waals surface area contributed by atoms with Gasteiger partial charge in [-0.2, -0.15) is 13.2 Å². The largest absolute Gasteiger partial charge is 0.406 e. The van der Waals surface area contributed by atoms with Gasteiger partial charge in [-0.05, 0) is 36.2 Å². The first-order chi connectivity index (χ1) is 13.1. The highest BCUT2D eigenvalue weighted by Gasteiger charge is 2.33. The monoisotopic (exact) mass is 409 g/mol. The molecule has 0 bridgehead atoms. The van der Waals surface area contributed by atoms with Crippen LogP contribution in [0.25, 0.3) is 22.5 Å². The number of nitrogens with two attached hydrogens (primary N) is 2. The number of aromatic nitrogens is 3. The molecule has 0 atom stereocenters. The Hall–Kier alpha value is -3.07. The average Bonchev–Trinajstić information content (AvgIpc) is 2.92. The molecule has 3 rings (SSSR count). The molecule has 1 aromatic carbocycles. The molecule has 146 valence electrons. The van der Waals surface area contributed by atoms with Gasteiger partial charge in [-0.1, -0.05) is 17.7 Å². The van der Waals surface area contributed by atoms with Gasteiger partial charge in [0.25, 0.3) is 5.91 Å². The Bertz CT molecular complexity index is 1060. The second-order valence-corrected chi connectivity index (χ2v) is 6.58. The molecule has 0 saturated carbocycles. The van der Waals surface area contributed by atoms with E-state index < -0.39 is 18.6 Å². The van der Waals surface area contributed by atoms with Crippen LogP contribution in [0.1, 0.15) is 16.1 Å². The van der Waals surface area contributed by atoms with E-state index in [0.717, 1.165) is 10.9 Å². The summed E-state index contributed by atoms with van der Waals surface area (Å²) in [4.78, 5) is 19.9. The molecule has 4 N–H and O–H groups in total. The number of halogens is 4. The molecular weight excluding hydrogens is 395 g/mol. The Kier molecular flexibility index (Phi) is 5.03. The zero-order valence-electron chi connectivity index (χ0n) is 14.6. The molecule has 0 spiro atoms. The molecule has 0 radical (unpaired) electrons. The minimum absolute atomic E-state index is 0.0459. The fourth-order valence-corrected chi connectivity index (χ4v) is 3.24. The number of anilines is 1. The molecule has 0 aliphatic rings. The smallest absolute Gasteiger partial charge is 0.384 e. The van der Waals surface area contributed by atoms with E-state index in [9.17, 15) is 18.0 Å². The molecular formula is C18H15ClF3N5O. The van der Waals surface area contributed by atoms with Crippen molar-refractivity contribution < 1.29 is 18.0 Å². The molecule has 1 amide bonds. The quantitative estimate of drug-likeness (QED) is 0.684. The van der Waals surface area contributed by atoms with Crippen LogP contribution in [0, 0.1) is 6.92 Å². The van der Waals surface area contributed by atoms with Gasteiger partial charge in [0.2, 0.25) is 0 Å². The number of aryl methyl sites for hydroxylation is 1. The lowest BCUT2D eigenvalue weighted by Gasteiger charge is -2.15. The maximum absolute atomic E-state index is 13.3. The van der Waals surface area contributed by atoms with Gasteiger partial charge in [0, 0.05) is 16.7 Å². The van der Waals surface area contributed by atoms with Crippen molar-refractivity contribution in [2.24, 2.45) is 5.73 Å². The third-order valence-electron chi connectivity index (χ3n) is 4.10. The van der Waals surface area contributed by atoms with Crippen molar-refractivity contribution in [3.63, 3.8) is 0 Å². The van der Waals surface area contributed by atoms with Gasteiger partial charge in [-0.25, -0.2) is 9.97 Å². The number of nitrogen functional groups attached to an aromatic ring is 1.